The fourth-order valence-corrected chi connectivity index (χ4v) is 6.00. The predicted octanol–water partition coefficient (Wildman–Crippen LogP) is 8.15. The van der Waals surface area contributed by atoms with E-state index in [1.807, 2.05) is 66.7 Å². The predicted molar refractivity (Wildman–Crippen MR) is 175 cm³/mol. The van der Waals surface area contributed by atoms with E-state index in [1.165, 1.54) is 0 Å². The van der Waals surface area contributed by atoms with Crippen LogP contribution in [-0.2, 0) is 18.5 Å². The molecule has 7 nitrogen and oxygen atoms in total. The summed E-state index contributed by atoms with van der Waals surface area (Å²) in [6, 6.07) is 36.2. The maximum Gasteiger partial charge on any atom is 0.408 e. The first-order chi connectivity index (χ1) is 22.1. The van der Waals surface area contributed by atoms with Crippen molar-refractivity contribution in [2.24, 2.45) is 0 Å². The molecule has 1 saturated carbocycles. The fourth-order valence-electron chi connectivity index (χ4n) is 6.00. The number of amides is 1. The van der Waals surface area contributed by atoms with Crippen molar-refractivity contribution in [3.63, 3.8) is 0 Å². The lowest BCUT2D eigenvalue weighted by molar-refractivity contribution is 0.112. The zero-order valence-electron chi connectivity index (χ0n) is 24.7. The summed E-state index contributed by atoms with van der Waals surface area (Å²) >= 11 is 0. The van der Waals surface area contributed by atoms with Crippen LogP contribution in [-0.4, -0.2) is 37.7 Å². The van der Waals surface area contributed by atoms with Gasteiger partial charge in [0.2, 0.25) is 5.88 Å². The van der Waals surface area contributed by atoms with Crippen molar-refractivity contribution in [3.8, 4) is 28.3 Å². The van der Waals surface area contributed by atoms with Gasteiger partial charge >= 0.3 is 6.09 Å². The Morgan fingerprint density at radius 2 is 1.51 bits per heavy atom. The molecule has 45 heavy (non-hydrogen) atoms. The number of ether oxygens (including phenoxy) is 1. The van der Waals surface area contributed by atoms with Gasteiger partial charge in [-0.2, -0.15) is 0 Å². The number of pyridine rings is 3. The molecule has 3 aromatic heterocycles. The highest BCUT2D eigenvalue weighted by Crippen LogP contribution is 2.52. The van der Waals surface area contributed by atoms with E-state index in [2.05, 4.69) is 52.4 Å². The molecule has 0 aliphatic heterocycles. The average molecular weight is 593 g/mol. The molecular weight excluding hydrogens is 560 g/mol. The van der Waals surface area contributed by atoms with Gasteiger partial charge < -0.3 is 9.84 Å². The maximum atomic E-state index is 12.4. The minimum absolute atomic E-state index is 0.351. The second kappa shape index (κ2) is 12.2. The molecule has 1 fully saturated rings. The van der Waals surface area contributed by atoms with E-state index in [4.69, 9.17) is 9.72 Å². The van der Waals surface area contributed by atoms with Crippen LogP contribution in [0.15, 0.2) is 128 Å². The second-order valence-corrected chi connectivity index (χ2v) is 11.4. The minimum Gasteiger partial charge on any atom is -0.477 e. The Labute approximate surface area is 261 Å². The van der Waals surface area contributed by atoms with E-state index in [0.717, 1.165) is 69.2 Å². The summed E-state index contributed by atoms with van der Waals surface area (Å²) in [5, 5.41) is 11.0. The highest BCUT2D eigenvalue weighted by Gasteiger charge is 2.51. The Balaban J connectivity index is 1.22. The fraction of sp³-hybridized carbons (Fsp3) is 0.158. The Bertz CT molecular complexity index is 1930. The minimum atomic E-state index is -0.907. The van der Waals surface area contributed by atoms with Crippen molar-refractivity contribution in [1.82, 2.24) is 19.9 Å². The largest absolute Gasteiger partial charge is 0.477 e. The third-order valence-corrected chi connectivity index (χ3v) is 8.52. The van der Waals surface area contributed by atoms with Crippen LogP contribution in [0.4, 0.5) is 4.79 Å². The quantitative estimate of drug-likeness (QED) is 0.173. The first kappa shape index (κ1) is 28.2. The number of fused-ring (bicyclic) bond motifs is 1. The van der Waals surface area contributed by atoms with Crippen LogP contribution in [0.3, 0.4) is 0 Å². The number of benzene rings is 3. The molecule has 7 rings (SSSR count). The number of carbonyl (C=O) groups is 1. The van der Waals surface area contributed by atoms with E-state index in [0.29, 0.717) is 19.0 Å². The summed E-state index contributed by atoms with van der Waals surface area (Å²) in [5.41, 5.74) is 7.21. The summed E-state index contributed by atoms with van der Waals surface area (Å²) < 4.78 is 6.18. The van der Waals surface area contributed by atoms with Crippen LogP contribution >= 0.6 is 0 Å². The monoisotopic (exact) mass is 592 g/mol. The molecule has 3 aromatic carbocycles. The number of carboxylic acid groups (broad SMARTS) is 1. The van der Waals surface area contributed by atoms with Gasteiger partial charge in [0, 0.05) is 42.7 Å². The Morgan fingerprint density at radius 3 is 2.20 bits per heavy atom. The molecule has 1 aliphatic rings. The lowest BCUT2D eigenvalue weighted by Gasteiger charge is -2.30. The molecule has 1 N–H and O–H groups in total. The van der Waals surface area contributed by atoms with Gasteiger partial charge in [-0.25, -0.2) is 14.8 Å². The van der Waals surface area contributed by atoms with Crippen LogP contribution < -0.4 is 4.74 Å². The van der Waals surface area contributed by atoms with Crippen LogP contribution in [0, 0.1) is 0 Å². The third kappa shape index (κ3) is 5.85. The van der Waals surface area contributed by atoms with Crippen molar-refractivity contribution in [3.05, 3.63) is 144 Å². The second-order valence-electron chi connectivity index (χ2n) is 11.4. The molecule has 1 amide bonds. The molecule has 0 radical (unpaired) electrons. The van der Waals surface area contributed by atoms with E-state index in [-0.39, 0.29) is 0 Å². The van der Waals surface area contributed by atoms with Crippen molar-refractivity contribution in [2.45, 2.75) is 31.3 Å². The van der Waals surface area contributed by atoms with Gasteiger partial charge in [0.15, 0.2) is 0 Å². The number of nitrogens with zero attached hydrogens (tertiary/aromatic N) is 4. The third-order valence-electron chi connectivity index (χ3n) is 8.52. The molecule has 222 valence electrons. The summed E-state index contributed by atoms with van der Waals surface area (Å²) in [6.07, 6.45) is 6.74. The zero-order chi connectivity index (χ0) is 30.6. The zero-order valence-corrected chi connectivity index (χ0v) is 24.7. The standard InChI is InChI=1S/C38H32N4O3/c43-37(44)42(26-28-7-3-1-4-8-28)38(19-20-38)31-13-11-30(12-14-31)35-32(29-9-5-2-6-10-29)25-33-34(41-35)17-23-40-36(33)45-24-18-27-15-21-39-22-16-27/h1-17,21-23,25H,18-20,24,26H2,(H,43,44). The highest BCUT2D eigenvalue weighted by molar-refractivity contribution is 5.94. The summed E-state index contributed by atoms with van der Waals surface area (Å²) in [6.45, 7) is 0.836. The van der Waals surface area contributed by atoms with Gasteiger partial charge in [0.25, 0.3) is 0 Å². The molecule has 0 spiro atoms. The number of rotatable bonds is 10. The normalized spacial score (nSPS) is 13.3. The first-order valence-electron chi connectivity index (χ1n) is 15.1. The number of aromatic nitrogens is 3. The van der Waals surface area contributed by atoms with Gasteiger partial charge in [-0.15, -0.1) is 0 Å². The van der Waals surface area contributed by atoms with Crippen molar-refractivity contribution < 1.29 is 14.6 Å². The molecular formula is C38H32N4O3. The topological polar surface area (TPSA) is 88.4 Å². The Hall–Kier alpha value is -5.56. The van der Waals surface area contributed by atoms with Gasteiger partial charge in [-0.3, -0.25) is 9.88 Å². The van der Waals surface area contributed by atoms with Crippen LogP contribution in [0.2, 0.25) is 0 Å². The van der Waals surface area contributed by atoms with Crippen molar-refractivity contribution in [2.75, 3.05) is 6.61 Å². The highest BCUT2D eigenvalue weighted by atomic mass is 16.5. The average Bonchev–Trinajstić information content (AvgIpc) is 3.90. The van der Waals surface area contributed by atoms with E-state index < -0.39 is 11.6 Å². The van der Waals surface area contributed by atoms with Crippen molar-refractivity contribution >= 4 is 17.0 Å². The molecule has 0 atom stereocenters. The summed E-state index contributed by atoms with van der Waals surface area (Å²) in [4.78, 5) is 27.8. The molecule has 3 heterocycles. The van der Waals surface area contributed by atoms with Gasteiger partial charge in [0.1, 0.15) is 0 Å². The lowest BCUT2D eigenvalue weighted by atomic mass is 9.95. The van der Waals surface area contributed by atoms with Gasteiger partial charge in [-0.05, 0) is 59.4 Å². The smallest absolute Gasteiger partial charge is 0.408 e. The van der Waals surface area contributed by atoms with Crippen LogP contribution in [0.25, 0.3) is 33.3 Å². The summed E-state index contributed by atoms with van der Waals surface area (Å²) in [5.74, 6) is 0.552. The number of hydrogen-bond acceptors (Lipinski definition) is 5. The van der Waals surface area contributed by atoms with Gasteiger partial charge in [-0.1, -0.05) is 84.9 Å². The molecule has 0 saturated heterocycles. The first-order valence-corrected chi connectivity index (χ1v) is 15.1. The SMILES string of the molecule is O=C(O)N(Cc1ccccc1)C1(c2ccc(-c3nc4ccnc(OCCc5ccncc5)c4cc3-c3ccccc3)cc2)CC1. The molecule has 1 aliphatic carbocycles. The Morgan fingerprint density at radius 1 is 0.800 bits per heavy atom. The summed E-state index contributed by atoms with van der Waals surface area (Å²) in [7, 11) is 0. The van der Waals surface area contributed by atoms with E-state index in [9.17, 15) is 9.90 Å². The van der Waals surface area contributed by atoms with Gasteiger partial charge in [0.05, 0.1) is 28.7 Å². The van der Waals surface area contributed by atoms with E-state index >= 15 is 0 Å². The van der Waals surface area contributed by atoms with Crippen LogP contribution in [0.1, 0.15) is 29.5 Å². The van der Waals surface area contributed by atoms with Crippen LogP contribution in [0.5, 0.6) is 5.88 Å². The molecule has 6 aromatic rings. The molecule has 0 unspecified atom stereocenters. The maximum absolute atomic E-state index is 12.4. The van der Waals surface area contributed by atoms with E-state index in [1.54, 1.807) is 23.5 Å². The Kier molecular flexibility index (Phi) is 7.66. The lowest BCUT2D eigenvalue weighted by Crippen LogP contribution is -2.39. The molecule has 7 heteroatoms. The number of hydrogen-bond donors (Lipinski definition) is 1. The van der Waals surface area contributed by atoms with Crippen molar-refractivity contribution in [1.29, 1.82) is 0 Å². The molecule has 0 bridgehead atoms.